The lowest BCUT2D eigenvalue weighted by Crippen LogP contribution is -2.43. The normalized spacial score (nSPS) is 18.7. The van der Waals surface area contributed by atoms with E-state index in [0.29, 0.717) is 31.0 Å². The molecular formula is C17H37IN4O2S. The van der Waals surface area contributed by atoms with Crippen molar-refractivity contribution in [3.05, 3.63) is 0 Å². The SMILES string of the molecule is CCNC(=NCC1CCN(S(C)(=O)=O)CC1)NC(C)CCC(C)C.I. The summed E-state index contributed by atoms with van der Waals surface area (Å²) in [5, 5.41) is 6.78. The van der Waals surface area contributed by atoms with Gasteiger partial charge in [0.1, 0.15) is 0 Å². The van der Waals surface area contributed by atoms with E-state index in [2.05, 4.69) is 38.3 Å². The van der Waals surface area contributed by atoms with Gasteiger partial charge < -0.3 is 10.6 Å². The zero-order chi connectivity index (χ0) is 18.2. The highest BCUT2D eigenvalue weighted by Gasteiger charge is 2.24. The fourth-order valence-corrected chi connectivity index (χ4v) is 3.73. The number of halogens is 1. The molecule has 0 aliphatic carbocycles. The Balaban J connectivity index is 0.00000576. The fourth-order valence-electron chi connectivity index (χ4n) is 2.85. The molecule has 1 saturated heterocycles. The smallest absolute Gasteiger partial charge is 0.211 e. The maximum Gasteiger partial charge on any atom is 0.211 e. The number of sulfonamides is 1. The van der Waals surface area contributed by atoms with E-state index < -0.39 is 10.0 Å². The molecule has 0 aromatic heterocycles. The molecule has 25 heavy (non-hydrogen) atoms. The highest BCUT2D eigenvalue weighted by Crippen LogP contribution is 2.19. The predicted octanol–water partition coefficient (Wildman–Crippen LogP) is 2.66. The molecule has 6 nitrogen and oxygen atoms in total. The molecule has 0 saturated carbocycles. The van der Waals surface area contributed by atoms with Crippen LogP contribution in [0.3, 0.4) is 0 Å². The Morgan fingerprint density at radius 1 is 1.20 bits per heavy atom. The largest absolute Gasteiger partial charge is 0.357 e. The van der Waals surface area contributed by atoms with Crippen LogP contribution in [-0.4, -0.2) is 57.2 Å². The van der Waals surface area contributed by atoms with Gasteiger partial charge >= 0.3 is 0 Å². The second kappa shape index (κ2) is 12.3. The van der Waals surface area contributed by atoms with Crippen LogP contribution in [0, 0.1) is 11.8 Å². The lowest BCUT2D eigenvalue weighted by molar-refractivity contribution is 0.280. The first-order valence-corrected chi connectivity index (χ1v) is 11.1. The van der Waals surface area contributed by atoms with Gasteiger partial charge in [-0.25, -0.2) is 12.7 Å². The van der Waals surface area contributed by atoms with Crippen molar-refractivity contribution in [1.82, 2.24) is 14.9 Å². The summed E-state index contributed by atoms with van der Waals surface area (Å²) in [4.78, 5) is 4.72. The summed E-state index contributed by atoms with van der Waals surface area (Å²) in [5.74, 6) is 2.05. The molecule has 1 fully saturated rings. The van der Waals surface area contributed by atoms with E-state index in [1.165, 1.54) is 12.7 Å². The molecule has 0 radical (unpaired) electrons. The number of nitrogens with one attached hydrogen (secondary N) is 2. The van der Waals surface area contributed by atoms with E-state index in [1.807, 2.05) is 0 Å². The number of aliphatic imine (C=N–C) groups is 1. The zero-order valence-corrected chi connectivity index (χ0v) is 19.6. The predicted molar refractivity (Wildman–Crippen MR) is 117 cm³/mol. The molecule has 8 heteroatoms. The maximum absolute atomic E-state index is 11.6. The van der Waals surface area contributed by atoms with Crippen molar-refractivity contribution in [3.63, 3.8) is 0 Å². The van der Waals surface area contributed by atoms with Crippen molar-refractivity contribution in [3.8, 4) is 0 Å². The van der Waals surface area contributed by atoms with Crippen molar-refractivity contribution in [2.45, 2.75) is 59.4 Å². The number of nitrogens with zero attached hydrogens (tertiary/aromatic N) is 2. The number of rotatable bonds is 8. The Bertz CT molecular complexity index is 489. The van der Waals surface area contributed by atoms with Gasteiger partial charge in [-0.2, -0.15) is 0 Å². The lowest BCUT2D eigenvalue weighted by atomic mass is 9.98. The summed E-state index contributed by atoms with van der Waals surface area (Å²) >= 11 is 0. The van der Waals surface area contributed by atoms with Crippen LogP contribution in [0.15, 0.2) is 4.99 Å². The van der Waals surface area contributed by atoms with E-state index in [1.54, 1.807) is 4.31 Å². The molecule has 1 aliphatic rings. The van der Waals surface area contributed by atoms with Gasteiger partial charge in [-0.05, 0) is 51.4 Å². The van der Waals surface area contributed by atoms with Gasteiger partial charge in [0.15, 0.2) is 5.96 Å². The van der Waals surface area contributed by atoms with Crippen LogP contribution in [0.5, 0.6) is 0 Å². The third-order valence-corrected chi connectivity index (χ3v) is 5.76. The summed E-state index contributed by atoms with van der Waals surface area (Å²) in [6, 6.07) is 0.400. The third kappa shape index (κ3) is 10.6. The lowest BCUT2D eigenvalue weighted by Gasteiger charge is -2.29. The monoisotopic (exact) mass is 488 g/mol. The van der Waals surface area contributed by atoms with Gasteiger partial charge in [-0.15, -0.1) is 24.0 Å². The molecule has 2 N–H and O–H groups in total. The number of guanidine groups is 1. The van der Waals surface area contributed by atoms with Crippen LogP contribution < -0.4 is 10.6 Å². The molecule has 1 aliphatic heterocycles. The molecular weight excluding hydrogens is 451 g/mol. The Kier molecular flexibility index (Phi) is 12.3. The van der Waals surface area contributed by atoms with E-state index in [-0.39, 0.29) is 24.0 Å². The molecule has 0 aromatic rings. The van der Waals surface area contributed by atoms with Gasteiger partial charge in [-0.3, -0.25) is 4.99 Å². The first-order valence-electron chi connectivity index (χ1n) is 9.22. The standard InChI is InChI=1S/C17H36N4O2S.HI/c1-6-18-17(20-15(4)8-7-14(2)3)19-13-16-9-11-21(12-10-16)24(5,22)23;/h14-16H,6-13H2,1-5H3,(H2,18,19,20);1H. The first kappa shape index (κ1) is 24.9. The van der Waals surface area contributed by atoms with E-state index in [4.69, 9.17) is 4.99 Å². The minimum Gasteiger partial charge on any atom is -0.357 e. The highest BCUT2D eigenvalue weighted by molar-refractivity contribution is 14.0. The van der Waals surface area contributed by atoms with Crippen molar-refractivity contribution >= 4 is 40.0 Å². The molecule has 0 spiro atoms. The van der Waals surface area contributed by atoms with Crippen LogP contribution in [0.4, 0.5) is 0 Å². The second-order valence-corrected chi connectivity index (χ2v) is 9.32. The van der Waals surface area contributed by atoms with Gasteiger partial charge in [-0.1, -0.05) is 13.8 Å². The van der Waals surface area contributed by atoms with Crippen molar-refractivity contribution in [2.75, 3.05) is 32.4 Å². The van der Waals surface area contributed by atoms with Gasteiger partial charge in [0.05, 0.1) is 6.26 Å². The average molecular weight is 488 g/mol. The Morgan fingerprint density at radius 3 is 2.28 bits per heavy atom. The quantitative estimate of drug-likeness (QED) is 0.313. The summed E-state index contributed by atoms with van der Waals surface area (Å²) in [6.45, 7) is 11.6. The number of hydrogen-bond acceptors (Lipinski definition) is 3. The molecule has 0 bridgehead atoms. The summed E-state index contributed by atoms with van der Waals surface area (Å²) in [7, 11) is -3.05. The molecule has 1 rings (SSSR count). The van der Waals surface area contributed by atoms with Crippen LogP contribution in [0.1, 0.15) is 53.4 Å². The molecule has 1 heterocycles. The molecule has 1 atom stereocenters. The Morgan fingerprint density at radius 2 is 1.80 bits per heavy atom. The Labute approximate surface area is 171 Å². The number of hydrogen-bond donors (Lipinski definition) is 2. The molecule has 150 valence electrons. The van der Waals surface area contributed by atoms with Crippen LogP contribution in [0.25, 0.3) is 0 Å². The average Bonchev–Trinajstić information content (AvgIpc) is 2.50. The van der Waals surface area contributed by atoms with E-state index in [9.17, 15) is 8.42 Å². The topological polar surface area (TPSA) is 73.8 Å². The Hall–Kier alpha value is -0.0900. The second-order valence-electron chi connectivity index (χ2n) is 7.34. The van der Waals surface area contributed by atoms with Gasteiger partial charge in [0.25, 0.3) is 0 Å². The fraction of sp³-hybridized carbons (Fsp3) is 0.941. The molecule has 1 unspecified atom stereocenters. The van der Waals surface area contributed by atoms with Crippen molar-refractivity contribution in [1.29, 1.82) is 0 Å². The number of piperidine rings is 1. The minimum absolute atomic E-state index is 0. The van der Waals surface area contributed by atoms with Gasteiger partial charge in [0, 0.05) is 32.2 Å². The van der Waals surface area contributed by atoms with Crippen molar-refractivity contribution < 1.29 is 8.42 Å². The maximum atomic E-state index is 11.6. The van der Waals surface area contributed by atoms with Crippen LogP contribution in [0.2, 0.25) is 0 Å². The third-order valence-electron chi connectivity index (χ3n) is 4.45. The first-order chi connectivity index (χ1) is 11.2. The van der Waals surface area contributed by atoms with Crippen LogP contribution in [-0.2, 0) is 10.0 Å². The van der Waals surface area contributed by atoms with E-state index >= 15 is 0 Å². The van der Waals surface area contributed by atoms with Crippen LogP contribution >= 0.6 is 24.0 Å². The highest BCUT2D eigenvalue weighted by atomic mass is 127. The molecule has 0 amide bonds. The van der Waals surface area contributed by atoms with Crippen molar-refractivity contribution in [2.24, 2.45) is 16.8 Å². The van der Waals surface area contributed by atoms with Gasteiger partial charge in [0.2, 0.25) is 10.0 Å². The summed E-state index contributed by atoms with van der Waals surface area (Å²) in [6.07, 6.45) is 5.40. The summed E-state index contributed by atoms with van der Waals surface area (Å²) < 4.78 is 24.7. The summed E-state index contributed by atoms with van der Waals surface area (Å²) in [5.41, 5.74) is 0. The minimum atomic E-state index is -3.05. The molecule has 0 aromatic carbocycles. The van der Waals surface area contributed by atoms with E-state index in [0.717, 1.165) is 38.3 Å². The zero-order valence-electron chi connectivity index (χ0n) is 16.4.